The number of carbonyl (C=O) groups is 1. The summed E-state index contributed by atoms with van der Waals surface area (Å²) < 4.78 is 0. The fourth-order valence-electron chi connectivity index (χ4n) is 2.58. The summed E-state index contributed by atoms with van der Waals surface area (Å²) in [4.78, 5) is 13.3. The van der Waals surface area contributed by atoms with Crippen LogP contribution in [0, 0.1) is 17.2 Å². The van der Waals surface area contributed by atoms with Crippen LogP contribution in [0.25, 0.3) is 0 Å². The zero-order valence-corrected chi connectivity index (χ0v) is 13.3. The Bertz CT molecular complexity index is 528. The van der Waals surface area contributed by atoms with Crippen molar-refractivity contribution in [1.29, 1.82) is 5.26 Å². The second-order valence-corrected chi connectivity index (χ2v) is 5.67. The maximum absolute atomic E-state index is 11.1. The van der Waals surface area contributed by atoms with Crippen LogP contribution in [0.3, 0.4) is 0 Å². The molecule has 0 atom stereocenters. The Labute approximate surface area is 127 Å². The Morgan fingerprint density at radius 3 is 2.38 bits per heavy atom. The standard InChI is InChI=1S/C17H24N2O2/c1-5-15(6-2)19(11-12(3)4)16-8-7-13(17(20)21)9-14(16)10-18/h7-9,12,15H,5-6,11H2,1-4H3,(H,20,21). The third-order valence-electron chi connectivity index (χ3n) is 3.62. The first-order chi connectivity index (χ1) is 9.94. The lowest BCUT2D eigenvalue weighted by Crippen LogP contribution is -2.37. The van der Waals surface area contributed by atoms with E-state index in [1.807, 2.05) is 0 Å². The van der Waals surface area contributed by atoms with E-state index in [-0.39, 0.29) is 5.56 Å². The predicted molar refractivity (Wildman–Crippen MR) is 84.7 cm³/mol. The number of anilines is 1. The molecule has 1 aromatic rings. The molecular formula is C17H24N2O2. The zero-order chi connectivity index (χ0) is 16.0. The number of hydrogen-bond acceptors (Lipinski definition) is 3. The highest BCUT2D eigenvalue weighted by molar-refractivity contribution is 5.89. The number of nitrogens with zero attached hydrogens (tertiary/aromatic N) is 2. The smallest absolute Gasteiger partial charge is 0.335 e. The highest BCUT2D eigenvalue weighted by Crippen LogP contribution is 2.27. The lowest BCUT2D eigenvalue weighted by Gasteiger charge is -2.34. The number of carboxylic acids is 1. The van der Waals surface area contributed by atoms with Gasteiger partial charge in [0.1, 0.15) is 6.07 Å². The largest absolute Gasteiger partial charge is 0.478 e. The van der Waals surface area contributed by atoms with Crippen LogP contribution in [-0.4, -0.2) is 23.7 Å². The quantitative estimate of drug-likeness (QED) is 0.826. The van der Waals surface area contributed by atoms with E-state index in [4.69, 9.17) is 5.11 Å². The van der Waals surface area contributed by atoms with Crippen molar-refractivity contribution in [2.75, 3.05) is 11.4 Å². The van der Waals surface area contributed by atoms with Gasteiger partial charge in [0, 0.05) is 12.6 Å². The Balaban J connectivity index is 3.30. The average molecular weight is 288 g/mol. The molecule has 0 spiro atoms. The molecule has 0 unspecified atom stereocenters. The first-order valence-corrected chi connectivity index (χ1v) is 7.48. The molecule has 1 aromatic carbocycles. The van der Waals surface area contributed by atoms with Gasteiger partial charge in [-0.3, -0.25) is 0 Å². The lowest BCUT2D eigenvalue weighted by atomic mass is 10.0. The number of carboxylic acid groups (broad SMARTS) is 1. The van der Waals surface area contributed by atoms with Crippen LogP contribution in [-0.2, 0) is 0 Å². The number of aromatic carboxylic acids is 1. The van der Waals surface area contributed by atoms with E-state index in [2.05, 4.69) is 38.7 Å². The highest BCUT2D eigenvalue weighted by Gasteiger charge is 2.20. The topological polar surface area (TPSA) is 64.3 Å². The molecule has 4 heteroatoms. The molecule has 1 rings (SSSR count). The van der Waals surface area contributed by atoms with Crippen LogP contribution in [0.2, 0.25) is 0 Å². The third kappa shape index (κ3) is 4.22. The maximum atomic E-state index is 11.1. The number of benzene rings is 1. The van der Waals surface area contributed by atoms with Gasteiger partial charge in [-0.15, -0.1) is 0 Å². The average Bonchev–Trinajstić information content (AvgIpc) is 2.46. The second kappa shape index (κ2) is 7.68. The Hall–Kier alpha value is -2.02. The van der Waals surface area contributed by atoms with Crippen LogP contribution >= 0.6 is 0 Å². The third-order valence-corrected chi connectivity index (χ3v) is 3.62. The van der Waals surface area contributed by atoms with E-state index in [1.165, 1.54) is 6.07 Å². The summed E-state index contributed by atoms with van der Waals surface area (Å²) in [6.45, 7) is 9.42. The summed E-state index contributed by atoms with van der Waals surface area (Å²) in [5.74, 6) is -0.535. The van der Waals surface area contributed by atoms with Crippen molar-refractivity contribution < 1.29 is 9.90 Å². The summed E-state index contributed by atoms with van der Waals surface area (Å²) in [6.07, 6.45) is 1.99. The molecule has 1 N–H and O–H groups in total. The van der Waals surface area contributed by atoms with E-state index >= 15 is 0 Å². The van der Waals surface area contributed by atoms with E-state index in [0.717, 1.165) is 25.1 Å². The molecule has 114 valence electrons. The summed E-state index contributed by atoms with van der Waals surface area (Å²) in [5, 5.41) is 18.4. The van der Waals surface area contributed by atoms with Gasteiger partial charge in [0.15, 0.2) is 0 Å². The molecule has 0 aliphatic carbocycles. The zero-order valence-electron chi connectivity index (χ0n) is 13.3. The van der Waals surface area contributed by atoms with E-state index in [0.29, 0.717) is 17.5 Å². The Kier molecular flexibility index (Phi) is 6.23. The Morgan fingerprint density at radius 1 is 1.33 bits per heavy atom. The van der Waals surface area contributed by atoms with Gasteiger partial charge in [0.05, 0.1) is 16.8 Å². The SMILES string of the molecule is CCC(CC)N(CC(C)C)c1ccc(C(=O)O)cc1C#N. The number of nitriles is 1. The summed E-state index contributed by atoms with van der Waals surface area (Å²) in [5.41, 5.74) is 1.43. The van der Waals surface area contributed by atoms with E-state index in [9.17, 15) is 10.1 Å². The summed E-state index contributed by atoms with van der Waals surface area (Å²) in [6, 6.07) is 7.31. The van der Waals surface area contributed by atoms with Gasteiger partial charge >= 0.3 is 5.97 Å². The minimum atomic E-state index is -1.00. The Morgan fingerprint density at radius 2 is 1.95 bits per heavy atom. The van der Waals surface area contributed by atoms with Crippen LogP contribution in [0.4, 0.5) is 5.69 Å². The molecule has 0 heterocycles. The molecule has 0 amide bonds. The minimum Gasteiger partial charge on any atom is -0.478 e. The fourth-order valence-corrected chi connectivity index (χ4v) is 2.58. The predicted octanol–water partition coefficient (Wildman–Crippen LogP) is 3.91. The normalized spacial score (nSPS) is 10.7. The van der Waals surface area contributed by atoms with Gasteiger partial charge in [-0.2, -0.15) is 5.26 Å². The molecule has 0 aliphatic rings. The van der Waals surface area contributed by atoms with Gasteiger partial charge in [-0.25, -0.2) is 4.79 Å². The van der Waals surface area contributed by atoms with Crippen molar-refractivity contribution in [1.82, 2.24) is 0 Å². The lowest BCUT2D eigenvalue weighted by molar-refractivity contribution is 0.0697. The maximum Gasteiger partial charge on any atom is 0.335 e. The molecule has 4 nitrogen and oxygen atoms in total. The molecule has 21 heavy (non-hydrogen) atoms. The van der Waals surface area contributed by atoms with Crippen molar-refractivity contribution >= 4 is 11.7 Å². The van der Waals surface area contributed by atoms with Gasteiger partial charge in [0.2, 0.25) is 0 Å². The van der Waals surface area contributed by atoms with Crippen molar-refractivity contribution in [2.24, 2.45) is 5.92 Å². The van der Waals surface area contributed by atoms with Gasteiger partial charge in [-0.1, -0.05) is 27.7 Å². The second-order valence-electron chi connectivity index (χ2n) is 5.67. The van der Waals surface area contributed by atoms with E-state index < -0.39 is 5.97 Å². The van der Waals surface area contributed by atoms with Crippen LogP contribution in [0.5, 0.6) is 0 Å². The van der Waals surface area contributed by atoms with Crippen LogP contribution in [0.15, 0.2) is 18.2 Å². The summed E-state index contributed by atoms with van der Waals surface area (Å²) >= 11 is 0. The number of hydrogen-bond donors (Lipinski definition) is 1. The molecule has 0 fully saturated rings. The molecule has 0 saturated carbocycles. The van der Waals surface area contributed by atoms with E-state index in [1.54, 1.807) is 12.1 Å². The fraction of sp³-hybridized carbons (Fsp3) is 0.529. The summed E-state index contributed by atoms with van der Waals surface area (Å²) in [7, 11) is 0. The van der Waals surface area contributed by atoms with Crippen LogP contribution in [0.1, 0.15) is 56.5 Å². The monoisotopic (exact) mass is 288 g/mol. The highest BCUT2D eigenvalue weighted by atomic mass is 16.4. The van der Waals surface area contributed by atoms with Gasteiger partial charge in [-0.05, 0) is 37.0 Å². The molecule has 0 saturated heterocycles. The molecule has 0 bridgehead atoms. The van der Waals surface area contributed by atoms with Gasteiger partial charge in [0.25, 0.3) is 0 Å². The van der Waals surface area contributed by atoms with Crippen molar-refractivity contribution in [3.05, 3.63) is 29.3 Å². The first kappa shape index (κ1) is 17.0. The molecule has 0 aromatic heterocycles. The molecular weight excluding hydrogens is 264 g/mol. The first-order valence-electron chi connectivity index (χ1n) is 7.48. The van der Waals surface area contributed by atoms with Crippen molar-refractivity contribution in [2.45, 2.75) is 46.6 Å². The molecule has 0 radical (unpaired) electrons. The minimum absolute atomic E-state index is 0.157. The van der Waals surface area contributed by atoms with Crippen molar-refractivity contribution in [3.63, 3.8) is 0 Å². The molecule has 0 aliphatic heterocycles. The van der Waals surface area contributed by atoms with Crippen LogP contribution < -0.4 is 4.90 Å². The number of rotatable bonds is 7. The van der Waals surface area contributed by atoms with Gasteiger partial charge < -0.3 is 10.0 Å². The van der Waals surface area contributed by atoms with Crippen molar-refractivity contribution in [3.8, 4) is 6.07 Å².